The number of hydrogen-bond acceptors (Lipinski definition) is 15. The molecule has 6 aromatic rings. The second-order valence-electron chi connectivity index (χ2n) is 19.0. The van der Waals surface area contributed by atoms with Crippen LogP contribution in [0.5, 0.6) is 0 Å². The van der Waals surface area contributed by atoms with Gasteiger partial charge in [-0.1, -0.05) is 47.3 Å². The molecule has 0 spiro atoms. The largest absolute Gasteiger partial charge is 0.365 e. The van der Waals surface area contributed by atoms with Crippen molar-refractivity contribution in [3.05, 3.63) is 67.7 Å². The van der Waals surface area contributed by atoms with Gasteiger partial charge in [-0.05, 0) is 67.8 Å². The third-order valence-corrected chi connectivity index (χ3v) is 17.0. The first-order valence-electron chi connectivity index (χ1n) is 22.7. The zero-order valence-electron chi connectivity index (χ0n) is 39.5. The third kappa shape index (κ3) is 14.8. The van der Waals surface area contributed by atoms with Crippen molar-refractivity contribution in [2.45, 2.75) is 97.9 Å². The van der Waals surface area contributed by atoms with Gasteiger partial charge < -0.3 is 20.8 Å². The fourth-order valence-electron chi connectivity index (χ4n) is 7.56. The van der Waals surface area contributed by atoms with Crippen molar-refractivity contribution >= 4 is 56.5 Å². The molecule has 0 saturated carbocycles. The Labute approximate surface area is 394 Å². The van der Waals surface area contributed by atoms with Crippen molar-refractivity contribution in [2.24, 2.45) is 17.6 Å². The average Bonchev–Trinajstić information content (AvgIpc) is 3.91. The number of H-pyrrole nitrogens is 1. The molecule has 2 saturated heterocycles. The molecule has 0 aliphatic carbocycles. The van der Waals surface area contributed by atoms with Gasteiger partial charge >= 0.3 is 0 Å². The Morgan fingerprint density at radius 3 is 2.13 bits per heavy atom. The quantitative estimate of drug-likeness (QED) is 0.0606. The fourth-order valence-corrected chi connectivity index (χ4v) is 12.1. The normalized spacial score (nSPS) is 17.6. The Balaban J connectivity index is 0.000000176. The highest BCUT2D eigenvalue weighted by atomic mass is 32.2. The first kappa shape index (κ1) is 51.5. The van der Waals surface area contributed by atoms with E-state index in [9.17, 15) is 21.2 Å². The number of fused-ring (bicyclic) bond motifs is 2. The van der Waals surface area contributed by atoms with E-state index in [0.29, 0.717) is 78.3 Å². The Hall–Kier alpha value is -4.91. The number of imidazole rings is 2. The standard InChI is InChI=1S/C19H25N7O2S.C16H20FN5OSi.C9H20N2O2S/c1-13(2)11-29(27,28)26-8-4-5-14(10-26)24-17-15(6-3-7-20-17)16-9-21-18-19(25-16)23-12-22-18;1-24(2,3)8-7-23-11-22-10-20-15-16(22)19-9-13(21-15)12-5-4-6-18-14(12)17;1-8(2)7-14(12,13)11-5-3-4-9(10)6-11/h3,6-7,9,12-14H,4-5,8,10-11H2,1-2H3,(H,20,24)(H,21,22,23,25);4-6,9-10H,7-8,11H2,1-3H3;8-9H,3-7,10H2,1-2H3/t14-;;9-/m0.0/s1. The summed E-state index contributed by atoms with van der Waals surface area (Å²) in [6, 6.07) is 8.17. The van der Waals surface area contributed by atoms with Crippen molar-refractivity contribution in [2.75, 3.05) is 49.6 Å². The molecular weight excluding hydrogens is 916 g/mol. The van der Waals surface area contributed by atoms with Crippen LogP contribution in [-0.4, -0.2) is 139 Å². The lowest BCUT2D eigenvalue weighted by Gasteiger charge is -2.33. The number of aromatic nitrogens is 10. The van der Waals surface area contributed by atoms with Gasteiger partial charge in [0.25, 0.3) is 0 Å². The fraction of sp³-hybridized carbons (Fsp3) is 0.545. The van der Waals surface area contributed by atoms with Gasteiger partial charge in [0.1, 0.15) is 18.9 Å². The zero-order valence-corrected chi connectivity index (χ0v) is 42.1. The molecule has 2 fully saturated rings. The summed E-state index contributed by atoms with van der Waals surface area (Å²) in [4.78, 5) is 37.1. The molecule has 2 aliphatic rings. The van der Waals surface area contributed by atoms with Crippen molar-refractivity contribution in [3.8, 4) is 22.5 Å². The number of sulfonamides is 2. The van der Waals surface area contributed by atoms with Gasteiger partial charge in [-0.2, -0.15) is 8.70 Å². The number of anilines is 1. The second kappa shape index (κ2) is 22.9. The molecule has 0 amide bonds. The summed E-state index contributed by atoms with van der Waals surface area (Å²) in [5, 5.41) is 3.43. The number of piperidine rings is 2. The van der Waals surface area contributed by atoms with Crippen molar-refractivity contribution in [1.29, 1.82) is 0 Å². The van der Waals surface area contributed by atoms with E-state index in [1.807, 2.05) is 39.8 Å². The highest BCUT2D eigenvalue weighted by Crippen LogP contribution is 2.28. The van der Waals surface area contributed by atoms with Gasteiger partial charge in [0, 0.05) is 70.9 Å². The second-order valence-corrected chi connectivity index (χ2v) is 28.6. The molecule has 8 heterocycles. The van der Waals surface area contributed by atoms with E-state index in [4.69, 9.17) is 10.5 Å². The SMILES string of the molecule is CC(C)CS(=O)(=O)N1CCC[C@H](N)C1.CC(C)CS(=O)(=O)N1CCC[C@H](Nc2ncccc2-c2cnc3nc[nH]c3n2)C1.C[Si](C)(C)CCOCn1cnc2nc(-c3cccnc3F)cnc21. The maximum Gasteiger partial charge on any atom is 0.222 e. The Morgan fingerprint density at radius 2 is 1.46 bits per heavy atom. The van der Waals surface area contributed by atoms with E-state index in [2.05, 4.69) is 69.8 Å². The first-order chi connectivity index (χ1) is 31.8. The number of aromatic amines is 1. The van der Waals surface area contributed by atoms with Crippen LogP contribution in [0, 0.1) is 17.8 Å². The zero-order chi connectivity index (χ0) is 48.4. The van der Waals surface area contributed by atoms with Crippen LogP contribution in [0.1, 0.15) is 53.4 Å². The molecule has 4 N–H and O–H groups in total. The molecule has 2 atom stereocenters. The molecule has 0 unspecified atom stereocenters. The maximum atomic E-state index is 13.8. The minimum atomic E-state index is -3.25. The number of nitrogens with zero attached hydrogens (tertiary/aromatic N) is 11. The van der Waals surface area contributed by atoms with Gasteiger partial charge in [0.15, 0.2) is 22.6 Å². The van der Waals surface area contributed by atoms with Gasteiger partial charge in [0.05, 0.1) is 47.2 Å². The molecule has 0 bridgehead atoms. The summed E-state index contributed by atoms with van der Waals surface area (Å²) in [6.07, 6.45) is 13.0. The number of hydrogen-bond donors (Lipinski definition) is 3. The number of pyridine rings is 2. The van der Waals surface area contributed by atoms with Crippen LogP contribution in [0.25, 0.3) is 45.1 Å². The van der Waals surface area contributed by atoms with Crippen LogP contribution in [0.2, 0.25) is 25.7 Å². The van der Waals surface area contributed by atoms with E-state index in [1.165, 1.54) is 12.4 Å². The Bertz CT molecular complexity index is 2770. The number of nitrogens with one attached hydrogen (secondary N) is 2. The van der Waals surface area contributed by atoms with Gasteiger partial charge in [-0.3, -0.25) is 4.57 Å². The predicted octanol–water partition coefficient (Wildman–Crippen LogP) is 6.01. The minimum absolute atomic E-state index is 0.0109. The summed E-state index contributed by atoms with van der Waals surface area (Å²) in [5.41, 5.74) is 10.2. The van der Waals surface area contributed by atoms with Crippen LogP contribution in [-0.2, 0) is 31.5 Å². The van der Waals surface area contributed by atoms with Gasteiger partial charge in [-0.15, -0.1) is 0 Å². The summed E-state index contributed by atoms with van der Waals surface area (Å²) < 4.78 is 73.3. The number of ether oxygens (including phenoxy) is 1. The Morgan fingerprint density at radius 1 is 0.821 bits per heavy atom. The number of rotatable bonds is 15. The summed E-state index contributed by atoms with van der Waals surface area (Å²) in [6.45, 7) is 17.9. The van der Waals surface area contributed by atoms with E-state index < -0.39 is 34.1 Å². The van der Waals surface area contributed by atoms with Crippen LogP contribution < -0.4 is 11.1 Å². The first-order valence-corrected chi connectivity index (χ1v) is 29.7. The van der Waals surface area contributed by atoms with E-state index >= 15 is 0 Å². The molecule has 0 aromatic carbocycles. The molecule has 19 nitrogen and oxygen atoms in total. The summed E-state index contributed by atoms with van der Waals surface area (Å²) in [5.74, 6) is 0.799. The summed E-state index contributed by atoms with van der Waals surface area (Å²) >= 11 is 0. The molecule has 8 rings (SSSR count). The third-order valence-electron chi connectivity index (χ3n) is 10.8. The van der Waals surface area contributed by atoms with Gasteiger partial charge in [-0.25, -0.2) is 61.0 Å². The lowest BCUT2D eigenvalue weighted by atomic mass is 10.1. The molecule has 364 valence electrons. The van der Waals surface area contributed by atoms with Crippen LogP contribution in [0.3, 0.4) is 0 Å². The summed E-state index contributed by atoms with van der Waals surface area (Å²) in [7, 11) is -7.41. The molecule has 6 aromatic heterocycles. The molecule has 23 heteroatoms. The van der Waals surface area contributed by atoms with Crippen molar-refractivity contribution in [3.63, 3.8) is 0 Å². The molecule has 67 heavy (non-hydrogen) atoms. The molecule has 0 radical (unpaired) electrons. The number of nitrogens with two attached hydrogens (primary N) is 1. The van der Waals surface area contributed by atoms with E-state index in [-0.39, 0.29) is 35.4 Å². The molecular formula is C44H65FN14O5S2Si. The highest BCUT2D eigenvalue weighted by molar-refractivity contribution is 7.89. The van der Waals surface area contributed by atoms with Gasteiger partial charge in [0.2, 0.25) is 26.0 Å². The van der Waals surface area contributed by atoms with Crippen LogP contribution in [0.15, 0.2) is 61.7 Å². The van der Waals surface area contributed by atoms with Crippen LogP contribution in [0.4, 0.5) is 10.2 Å². The smallest absolute Gasteiger partial charge is 0.222 e. The predicted molar refractivity (Wildman–Crippen MR) is 262 cm³/mol. The average molecular weight is 981 g/mol. The maximum absolute atomic E-state index is 13.8. The van der Waals surface area contributed by atoms with Crippen LogP contribution >= 0.6 is 0 Å². The van der Waals surface area contributed by atoms with E-state index in [0.717, 1.165) is 43.9 Å². The number of halogens is 1. The van der Waals surface area contributed by atoms with Crippen molar-refractivity contribution in [1.82, 2.24) is 58.0 Å². The molecule has 2 aliphatic heterocycles. The lowest BCUT2D eigenvalue weighted by Crippen LogP contribution is -2.46. The highest BCUT2D eigenvalue weighted by Gasteiger charge is 2.30. The topological polar surface area (TPSA) is 246 Å². The van der Waals surface area contributed by atoms with E-state index in [1.54, 1.807) is 50.4 Å². The minimum Gasteiger partial charge on any atom is -0.365 e. The monoisotopic (exact) mass is 980 g/mol. The Kier molecular flexibility index (Phi) is 17.6. The van der Waals surface area contributed by atoms with Crippen molar-refractivity contribution < 1.29 is 26.0 Å². The lowest BCUT2D eigenvalue weighted by molar-refractivity contribution is 0.0895.